The van der Waals surface area contributed by atoms with Crippen molar-refractivity contribution in [2.45, 2.75) is 33.2 Å². The molecule has 120 valence electrons. The number of carbonyl (C=O) groups is 2. The summed E-state index contributed by atoms with van der Waals surface area (Å²) in [6.45, 7) is 7.56. The molecule has 0 radical (unpaired) electrons. The molecule has 0 aromatic heterocycles. The fourth-order valence-electron chi connectivity index (χ4n) is 2.73. The second-order valence-electron chi connectivity index (χ2n) is 5.61. The molecule has 1 saturated heterocycles. The highest BCUT2D eigenvalue weighted by molar-refractivity contribution is 5.98. The van der Waals surface area contributed by atoms with E-state index in [1.165, 1.54) is 0 Å². The van der Waals surface area contributed by atoms with Crippen molar-refractivity contribution in [1.82, 2.24) is 4.90 Å². The summed E-state index contributed by atoms with van der Waals surface area (Å²) in [5.41, 5.74) is 2.00. The zero-order chi connectivity index (χ0) is 16.1. The van der Waals surface area contributed by atoms with Gasteiger partial charge in [0, 0.05) is 24.9 Å². The van der Waals surface area contributed by atoms with Crippen molar-refractivity contribution < 1.29 is 14.3 Å². The average Bonchev–Trinajstić information content (AvgIpc) is 2.50. The first-order valence-corrected chi connectivity index (χ1v) is 7.77. The zero-order valence-corrected chi connectivity index (χ0v) is 13.5. The summed E-state index contributed by atoms with van der Waals surface area (Å²) >= 11 is 0. The van der Waals surface area contributed by atoms with Crippen molar-refractivity contribution in [3.63, 3.8) is 0 Å². The lowest BCUT2D eigenvalue weighted by Gasteiger charge is -2.40. The molecule has 1 heterocycles. The molecule has 22 heavy (non-hydrogen) atoms. The highest BCUT2D eigenvalue weighted by atomic mass is 16.5. The van der Waals surface area contributed by atoms with Crippen LogP contribution in [0, 0.1) is 6.92 Å². The van der Waals surface area contributed by atoms with Crippen molar-refractivity contribution in [2.75, 3.05) is 31.2 Å². The molecule has 1 atom stereocenters. The first-order chi connectivity index (χ1) is 10.5. The summed E-state index contributed by atoms with van der Waals surface area (Å²) in [5, 5.41) is 0. The minimum Gasteiger partial charge on any atom is -0.381 e. The topological polar surface area (TPSA) is 49.9 Å². The van der Waals surface area contributed by atoms with E-state index in [-0.39, 0.29) is 24.4 Å². The normalized spacial score (nSPS) is 18.7. The van der Waals surface area contributed by atoms with Crippen molar-refractivity contribution in [3.8, 4) is 0 Å². The van der Waals surface area contributed by atoms with Crippen molar-refractivity contribution in [2.24, 2.45) is 0 Å². The second kappa shape index (κ2) is 7.40. The number of amides is 2. The van der Waals surface area contributed by atoms with Crippen LogP contribution in [-0.2, 0) is 14.3 Å². The molecule has 5 heteroatoms. The molecule has 0 aliphatic carbocycles. The van der Waals surface area contributed by atoms with E-state index in [0.717, 1.165) is 11.3 Å². The average molecular weight is 304 g/mol. The summed E-state index contributed by atoms with van der Waals surface area (Å²) in [5.74, 6) is -0.0455. The van der Waals surface area contributed by atoms with E-state index >= 15 is 0 Å². The van der Waals surface area contributed by atoms with Gasteiger partial charge < -0.3 is 14.5 Å². The Morgan fingerprint density at radius 1 is 1.36 bits per heavy atom. The van der Waals surface area contributed by atoms with Gasteiger partial charge in [0.1, 0.15) is 6.54 Å². The van der Waals surface area contributed by atoms with Crippen LogP contribution >= 0.6 is 0 Å². The van der Waals surface area contributed by atoms with Gasteiger partial charge in [-0.1, -0.05) is 18.2 Å². The van der Waals surface area contributed by atoms with Gasteiger partial charge in [-0.15, -0.1) is 0 Å². The minimum absolute atomic E-state index is 0.00596. The molecule has 1 aromatic carbocycles. The van der Waals surface area contributed by atoms with E-state index in [1.54, 1.807) is 9.80 Å². The number of nitrogens with zero attached hydrogens (tertiary/aromatic N) is 2. The Kier molecular flexibility index (Phi) is 5.55. The Morgan fingerprint density at radius 2 is 2.09 bits per heavy atom. The molecule has 1 aliphatic rings. The summed E-state index contributed by atoms with van der Waals surface area (Å²) < 4.78 is 5.22. The molecule has 1 aromatic rings. The molecule has 5 nitrogen and oxygen atoms in total. The lowest BCUT2D eigenvalue weighted by molar-refractivity contribution is -0.140. The van der Waals surface area contributed by atoms with E-state index in [0.29, 0.717) is 26.2 Å². The maximum atomic E-state index is 12.4. The molecular weight excluding hydrogens is 280 g/mol. The smallest absolute Gasteiger partial charge is 0.246 e. The van der Waals surface area contributed by atoms with Gasteiger partial charge >= 0.3 is 0 Å². The quantitative estimate of drug-likeness (QED) is 0.782. The van der Waals surface area contributed by atoms with Gasteiger partial charge in [-0.3, -0.25) is 9.59 Å². The van der Waals surface area contributed by atoms with Crippen LogP contribution in [0.1, 0.15) is 25.8 Å². The number of hydrogen-bond donors (Lipinski definition) is 0. The molecule has 2 amide bonds. The Hall–Kier alpha value is -1.88. The number of anilines is 1. The van der Waals surface area contributed by atoms with Gasteiger partial charge in [0.25, 0.3) is 0 Å². The van der Waals surface area contributed by atoms with Crippen LogP contribution in [0.3, 0.4) is 0 Å². The van der Waals surface area contributed by atoms with Crippen molar-refractivity contribution in [3.05, 3.63) is 29.8 Å². The zero-order valence-electron chi connectivity index (χ0n) is 13.5. The number of benzene rings is 1. The van der Waals surface area contributed by atoms with E-state index in [1.807, 2.05) is 45.0 Å². The molecule has 1 unspecified atom stereocenters. The van der Waals surface area contributed by atoms with E-state index in [2.05, 4.69) is 0 Å². The van der Waals surface area contributed by atoms with Crippen LogP contribution in [0.4, 0.5) is 5.69 Å². The third kappa shape index (κ3) is 3.65. The highest BCUT2D eigenvalue weighted by Gasteiger charge is 2.33. The van der Waals surface area contributed by atoms with Crippen LogP contribution < -0.4 is 4.90 Å². The van der Waals surface area contributed by atoms with Gasteiger partial charge in [-0.05, 0) is 32.4 Å². The van der Waals surface area contributed by atoms with Gasteiger partial charge in [-0.2, -0.15) is 0 Å². The standard InChI is InChI=1S/C17H24N2O3/c1-4-22-10-9-16(20)18-12-17(21)19(11-14(18)3)15-8-6-5-7-13(15)2/h5-8,14H,4,9-12H2,1-3H3. The van der Waals surface area contributed by atoms with Crippen LogP contribution in [0.15, 0.2) is 24.3 Å². The summed E-state index contributed by atoms with van der Waals surface area (Å²) in [7, 11) is 0. The van der Waals surface area contributed by atoms with Crippen molar-refractivity contribution >= 4 is 17.5 Å². The van der Waals surface area contributed by atoms with E-state index < -0.39 is 0 Å². The Morgan fingerprint density at radius 3 is 2.77 bits per heavy atom. The number of carbonyl (C=O) groups excluding carboxylic acids is 2. The Balaban J connectivity index is 2.04. The molecule has 2 rings (SSSR count). The van der Waals surface area contributed by atoms with Crippen LogP contribution in [0.2, 0.25) is 0 Å². The summed E-state index contributed by atoms with van der Waals surface area (Å²) in [6, 6.07) is 7.84. The minimum atomic E-state index is -0.0304. The fraction of sp³-hybridized carbons (Fsp3) is 0.529. The molecule has 0 bridgehead atoms. The van der Waals surface area contributed by atoms with E-state index in [9.17, 15) is 9.59 Å². The number of aryl methyl sites for hydroxylation is 1. The van der Waals surface area contributed by atoms with Gasteiger partial charge in [0.15, 0.2) is 0 Å². The second-order valence-corrected chi connectivity index (χ2v) is 5.61. The predicted octanol–water partition coefficient (Wildman–Crippen LogP) is 1.99. The van der Waals surface area contributed by atoms with Crippen LogP contribution in [-0.4, -0.2) is 49.1 Å². The summed E-state index contributed by atoms with van der Waals surface area (Å²) in [4.78, 5) is 28.1. The highest BCUT2D eigenvalue weighted by Crippen LogP contribution is 2.23. The maximum Gasteiger partial charge on any atom is 0.246 e. The SMILES string of the molecule is CCOCCC(=O)N1CC(=O)N(c2ccccc2C)CC1C. The molecule has 0 saturated carbocycles. The number of para-hydroxylation sites is 1. The first kappa shape index (κ1) is 16.5. The lowest BCUT2D eigenvalue weighted by Crippen LogP contribution is -2.57. The third-order valence-electron chi connectivity index (χ3n) is 3.98. The number of piperazine rings is 1. The van der Waals surface area contributed by atoms with Gasteiger partial charge in [-0.25, -0.2) is 0 Å². The molecule has 1 fully saturated rings. The lowest BCUT2D eigenvalue weighted by atomic mass is 10.1. The Labute approximate surface area is 131 Å². The fourth-order valence-corrected chi connectivity index (χ4v) is 2.73. The summed E-state index contributed by atoms with van der Waals surface area (Å²) in [6.07, 6.45) is 0.329. The molecule has 0 spiro atoms. The van der Waals surface area contributed by atoms with Crippen LogP contribution in [0.25, 0.3) is 0 Å². The molecule has 0 N–H and O–H groups in total. The predicted molar refractivity (Wildman–Crippen MR) is 85.8 cm³/mol. The Bertz CT molecular complexity index is 544. The monoisotopic (exact) mass is 304 g/mol. The number of hydrogen-bond acceptors (Lipinski definition) is 3. The van der Waals surface area contributed by atoms with Crippen molar-refractivity contribution in [1.29, 1.82) is 0 Å². The first-order valence-electron chi connectivity index (χ1n) is 7.77. The molecule has 1 aliphatic heterocycles. The molecular formula is C17H24N2O3. The van der Waals surface area contributed by atoms with E-state index in [4.69, 9.17) is 4.74 Å². The number of rotatable bonds is 5. The van der Waals surface area contributed by atoms with Gasteiger partial charge in [0.05, 0.1) is 13.0 Å². The largest absolute Gasteiger partial charge is 0.381 e. The number of ether oxygens (including phenoxy) is 1. The van der Waals surface area contributed by atoms with Crippen LogP contribution in [0.5, 0.6) is 0 Å². The van der Waals surface area contributed by atoms with Gasteiger partial charge in [0.2, 0.25) is 11.8 Å². The maximum absolute atomic E-state index is 12.4. The third-order valence-corrected chi connectivity index (χ3v) is 3.98.